The number of nitrogens with zero attached hydrogens (tertiary/aromatic N) is 3. The highest BCUT2D eigenvalue weighted by Gasteiger charge is 2.35. The molecule has 0 saturated carbocycles. The molecule has 1 fully saturated rings. The van der Waals surface area contributed by atoms with Gasteiger partial charge in [0.1, 0.15) is 6.04 Å². The van der Waals surface area contributed by atoms with Crippen LogP contribution in [0.15, 0.2) is 47.0 Å². The summed E-state index contributed by atoms with van der Waals surface area (Å²) < 4.78 is 5.61. The van der Waals surface area contributed by atoms with Gasteiger partial charge in [-0.25, -0.2) is 4.79 Å². The van der Waals surface area contributed by atoms with Gasteiger partial charge in [-0.2, -0.15) is 4.98 Å². The van der Waals surface area contributed by atoms with Gasteiger partial charge in [-0.05, 0) is 48.8 Å². The summed E-state index contributed by atoms with van der Waals surface area (Å²) in [4.78, 5) is 19.9. The van der Waals surface area contributed by atoms with Crippen LogP contribution in [0.25, 0.3) is 11.4 Å². The molecule has 6 heteroatoms. The van der Waals surface area contributed by atoms with Gasteiger partial charge in [0.25, 0.3) is 0 Å². The van der Waals surface area contributed by atoms with Gasteiger partial charge >= 0.3 is 6.03 Å². The number of nitrogens with one attached hydrogen (secondary N) is 1. The second kappa shape index (κ2) is 9.15. The van der Waals surface area contributed by atoms with E-state index >= 15 is 0 Å². The number of amides is 2. The zero-order valence-electron chi connectivity index (χ0n) is 19.6. The van der Waals surface area contributed by atoms with Gasteiger partial charge in [0, 0.05) is 17.8 Å². The van der Waals surface area contributed by atoms with Crippen molar-refractivity contribution in [1.29, 1.82) is 0 Å². The third-order valence-corrected chi connectivity index (χ3v) is 6.12. The largest absolute Gasteiger partial charge is 0.337 e. The average Bonchev–Trinajstić information content (AvgIpc) is 3.43. The first-order valence-corrected chi connectivity index (χ1v) is 11.5. The first-order chi connectivity index (χ1) is 15.3. The Hall–Kier alpha value is -3.15. The Bertz CT molecular complexity index is 1080. The Kier molecular flexibility index (Phi) is 6.31. The number of rotatable bonds is 5. The molecular weight excluding hydrogens is 400 g/mol. The predicted octanol–water partition coefficient (Wildman–Crippen LogP) is 6.66. The van der Waals surface area contributed by atoms with Gasteiger partial charge in [-0.1, -0.05) is 74.8 Å². The Morgan fingerprint density at radius 2 is 1.78 bits per heavy atom. The number of aromatic nitrogens is 2. The van der Waals surface area contributed by atoms with Crippen molar-refractivity contribution in [2.75, 3.05) is 11.9 Å². The summed E-state index contributed by atoms with van der Waals surface area (Å²) in [5.41, 5.74) is 5.29. The average molecular weight is 433 g/mol. The molecular formula is C26H32N4O2. The molecule has 32 heavy (non-hydrogen) atoms. The van der Waals surface area contributed by atoms with Crippen molar-refractivity contribution in [3.63, 3.8) is 0 Å². The van der Waals surface area contributed by atoms with E-state index in [0.717, 1.165) is 40.8 Å². The number of benzene rings is 2. The molecule has 0 radical (unpaired) electrons. The maximum Gasteiger partial charge on any atom is 0.322 e. The van der Waals surface area contributed by atoms with Gasteiger partial charge in [-0.15, -0.1) is 0 Å². The summed E-state index contributed by atoms with van der Waals surface area (Å²) in [5.74, 6) is 1.68. The van der Waals surface area contributed by atoms with E-state index in [2.05, 4.69) is 61.4 Å². The first kappa shape index (κ1) is 22.1. The quantitative estimate of drug-likeness (QED) is 0.489. The molecule has 2 heterocycles. The van der Waals surface area contributed by atoms with Gasteiger partial charge in [-0.3, -0.25) is 0 Å². The van der Waals surface area contributed by atoms with Crippen molar-refractivity contribution in [2.45, 2.75) is 65.3 Å². The monoisotopic (exact) mass is 432 g/mol. The fourth-order valence-electron chi connectivity index (χ4n) is 4.41. The number of hydrogen-bond acceptors (Lipinski definition) is 4. The summed E-state index contributed by atoms with van der Waals surface area (Å²) in [5, 5.41) is 7.41. The van der Waals surface area contributed by atoms with E-state index in [0.29, 0.717) is 30.1 Å². The lowest BCUT2D eigenvalue weighted by Crippen LogP contribution is -2.35. The highest BCUT2D eigenvalue weighted by atomic mass is 16.5. The van der Waals surface area contributed by atoms with Gasteiger partial charge in [0.2, 0.25) is 11.7 Å². The Labute approximate surface area is 190 Å². The Morgan fingerprint density at radius 3 is 2.44 bits per heavy atom. The SMILES string of the molecule is Cc1cccc(-c2noc(C3CCCN3C(=O)Nc3c(C(C)C)cccc3C(C)C)n2)c1. The van der Waals surface area contributed by atoms with E-state index in [4.69, 9.17) is 4.52 Å². The second-order valence-electron chi connectivity index (χ2n) is 9.23. The van der Waals surface area contributed by atoms with Crippen LogP contribution in [0.3, 0.4) is 0 Å². The molecule has 1 aliphatic heterocycles. The van der Waals surface area contributed by atoms with Crippen LogP contribution in [0.1, 0.15) is 81.0 Å². The number of urea groups is 1. The zero-order chi connectivity index (χ0) is 22.8. The van der Waals surface area contributed by atoms with E-state index < -0.39 is 0 Å². The fourth-order valence-corrected chi connectivity index (χ4v) is 4.41. The molecule has 1 N–H and O–H groups in total. The van der Waals surface area contributed by atoms with Crippen molar-refractivity contribution >= 4 is 11.7 Å². The van der Waals surface area contributed by atoms with Gasteiger partial charge in [0.15, 0.2) is 0 Å². The summed E-state index contributed by atoms with van der Waals surface area (Å²) in [7, 11) is 0. The molecule has 168 valence electrons. The highest BCUT2D eigenvalue weighted by molar-refractivity contribution is 5.92. The number of anilines is 1. The topological polar surface area (TPSA) is 71.3 Å². The third-order valence-electron chi connectivity index (χ3n) is 6.12. The summed E-state index contributed by atoms with van der Waals surface area (Å²) in [6.07, 6.45) is 1.72. The molecule has 2 aromatic carbocycles. The number of para-hydroxylation sites is 1. The highest BCUT2D eigenvalue weighted by Crippen LogP contribution is 2.36. The van der Waals surface area contributed by atoms with Gasteiger partial charge in [0.05, 0.1) is 0 Å². The van der Waals surface area contributed by atoms with E-state index in [1.54, 1.807) is 0 Å². The van der Waals surface area contributed by atoms with Crippen molar-refractivity contribution in [1.82, 2.24) is 15.0 Å². The van der Waals surface area contributed by atoms with E-state index in [1.807, 2.05) is 36.1 Å². The summed E-state index contributed by atoms with van der Waals surface area (Å²) >= 11 is 0. The third kappa shape index (κ3) is 4.40. The van der Waals surface area contributed by atoms with E-state index in [1.165, 1.54) is 0 Å². The second-order valence-corrected chi connectivity index (χ2v) is 9.23. The summed E-state index contributed by atoms with van der Waals surface area (Å²) in [6, 6.07) is 14.0. The van der Waals surface area contributed by atoms with Crippen molar-refractivity contribution < 1.29 is 9.32 Å². The summed E-state index contributed by atoms with van der Waals surface area (Å²) in [6.45, 7) is 11.3. The lowest BCUT2D eigenvalue weighted by atomic mass is 9.93. The molecule has 1 atom stereocenters. The maximum atomic E-state index is 13.4. The molecule has 6 nitrogen and oxygen atoms in total. The lowest BCUT2D eigenvalue weighted by Gasteiger charge is -2.25. The molecule has 0 spiro atoms. The first-order valence-electron chi connectivity index (χ1n) is 11.5. The van der Waals surface area contributed by atoms with Crippen molar-refractivity contribution in [2.24, 2.45) is 0 Å². The normalized spacial score (nSPS) is 16.2. The minimum absolute atomic E-state index is 0.113. The zero-order valence-corrected chi connectivity index (χ0v) is 19.6. The lowest BCUT2D eigenvalue weighted by molar-refractivity contribution is 0.193. The molecule has 3 aromatic rings. The van der Waals surface area contributed by atoms with E-state index in [-0.39, 0.29) is 12.1 Å². The number of aryl methyl sites for hydroxylation is 1. The van der Waals surface area contributed by atoms with Crippen LogP contribution in [0, 0.1) is 6.92 Å². The number of carbonyl (C=O) groups excluding carboxylic acids is 1. The van der Waals surface area contributed by atoms with Crippen LogP contribution >= 0.6 is 0 Å². The van der Waals surface area contributed by atoms with Crippen LogP contribution in [0.2, 0.25) is 0 Å². The fraction of sp³-hybridized carbons (Fsp3) is 0.423. The molecule has 4 rings (SSSR count). The Morgan fingerprint density at radius 1 is 1.09 bits per heavy atom. The molecule has 0 bridgehead atoms. The van der Waals surface area contributed by atoms with Gasteiger partial charge < -0.3 is 14.7 Å². The molecule has 2 amide bonds. The standard InChI is InChI=1S/C26H32N4O2/c1-16(2)20-11-7-12-21(17(3)4)23(20)27-26(31)30-14-8-13-22(30)25-28-24(29-32-25)19-10-6-9-18(5)15-19/h6-7,9-12,15-17,22H,8,13-14H2,1-5H3,(H,27,31). The predicted molar refractivity (Wildman–Crippen MR) is 127 cm³/mol. The smallest absolute Gasteiger partial charge is 0.322 e. The maximum absolute atomic E-state index is 13.4. The van der Waals surface area contributed by atoms with Crippen molar-refractivity contribution in [3.8, 4) is 11.4 Å². The molecule has 1 aliphatic rings. The van der Waals surface area contributed by atoms with Crippen LogP contribution in [-0.2, 0) is 0 Å². The van der Waals surface area contributed by atoms with E-state index in [9.17, 15) is 4.79 Å². The minimum Gasteiger partial charge on any atom is -0.337 e. The molecule has 0 aliphatic carbocycles. The minimum atomic E-state index is -0.213. The van der Waals surface area contributed by atoms with Crippen LogP contribution in [0.5, 0.6) is 0 Å². The van der Waals surface area contributed by atoms with Crippen LogP contribution in [0.4, 0.5) is 10.5 Å². The number of likely N-dealkylation sites (tertiary alicyclic amines) is 1. The number of carbonyl (C=O) groups is 1. The van der Waals surface area contributed by atoms with Crippen LogP contribution in [-0.4, -0.2) is 27.6 Å². The molecule has 1 unspecified atom stereocenters. The molecule has 1 aromatic heterocycles. The van der Waals surface area contributed by atoms with Crippen molar-refractivity contribution in [3.05, 3.63) is 65.0 Å². The number of hydrogen-bond donors (Lipinski definition) is 1. The molecule has 1 saturated heterocycles. The van der Waals surface area contributed by atoms with Crippen LogP contribution < -0.4 is 5.32 Å². The Balaban J connectivity index is 1.58.